The molecular weight excluding hydrogens is 308 g/mol. The standard InChI is InChI=1S/C17H18N4O3/c1-23-13-2-3-15-14(9-13)20-16(24-15)10-18-17(22)11-5-7-21-12(8-11)4-6-19-21/h2-4,6,9,11H,5,7-8,10H2,1H3,(H,18,22). The van der Waals surface area contributed by atoms with Gasteiger partial charge in [0.25, 0.3) is 0 Å². The topological polar surface area (TPSA) is 82.2 Å². The number of aromatic nitrogens is 3. The molecule has 3 aromatic rings. The summed E-state index contributed by atoms with van der Waals surface area (Å²) in [7, 11) is 1.61. The van der Waals surface area contributed by atoms with Crippen LogP contribution in [-0.2, 0) is 24.3 Å². The van der Waals surface area contributed by atoms with Gasteiger partial charge in [0, 0.05) is 36.8 Å². The van der Waals surface area contributed by atoms with Gasteiger partial charge >= 0.3 is 0 Å². The summed E-state index contributed by atoms with van der Waals surface area (Å²) in [6.07, 6.45) is 3.30. The lowest BCUT2D eigenvalue weighted by atomic mass is 9.95. The van der Waals surface area contributed by atoms with E-state index < -0.39 is 0 Å². The molecule has 1 aliphatic rings. The minimum atomic E-state index is -0.0290. The van der Waals surface area contributed by atoms with E-state index >= 15 is 0 Å². The van der Waals surface area contributed by atoms with Crippen molar-refractivity contribution in [3.8, 4) is 5.75 Å². The summed E-state index contributed by atoms with van der Waals surface area (Å²) < 4.78 is 12.8. The molecule has 1 unspecified atom stereocenters. The SMILES string of the molecule is COc1ccc2oc(CNC(=O)C3CCn4nccc4C3)nc2c1. The van der Waals surface area contributed by atoms with E-state index in [4.69, 9.17) is 9.15 Å². The monoisotopic (exact) mass is 326 g/mol. The van der Waals surface area contributed by atoms with Crippen molar-refractivity contribution < 1.29 is 13.9 Å². The molecule has 0 fully saturated rings. The minimum Gasteiger partial charge on any atom is -0.497 e. The fraction of sp³-hybridized carbons (Fsp3) is 0.353. The van der Waals surface area contributed by atoms with Gasteiger partial charge in [-0.2, -0.15) is 5.10 Å². The van der Waals surface area contributed by atoms with Crippen LogP contribution in [0.15, 0.2) is 34.9 Å². The van der Waals surface area contributed by atoms with Crippen molar-refractivity contribution in [3.05, 3.63) is 42.0 Å². The van der Waals surface area contributed by atoms with Gasteiger partial charge in [0.15, 0.2) is 5.58 Å². The second-order valence-corrected chi connectivity index (χ2v) is 5.89. The van der Waals surface area contributed by atoms with Gasteiger partial charge in [0.2, 0.25) is 11.8 Å². The highest BCUT2D eigenvalue weighted by molar-refractivity contribution is 5.79. The number of nitrogens with zero attached hydrogens (tertiary/aromatic N) is 3. The van der Waals surface area contributed by atoms with E-state index in [0.29, 0.717) is 11.5 Å². The molecule has 1 amide bonds. The maximum absolute atomic E-state index is 12.4. The molecule has 0 bridgehead atoms. The summed E-state index contributed by atoms with van der Waals surface area (Å²) in [4.78, 5) is 16.8. The van der Waals surface area contributed by atoms with Crippen molar-refractivity contribution in [2.75, 3.05) is 7.11 Å². The second kappa shape index (κ2) is 5.99. The quantitative estimate of drug-likeness (QED) is 0.792. The largest absolute Gasteiger partial charge is 0.497 e. The first-order valence-corrected chi connectivity index (χ1v) is 7.95. The molecule has 1 atom stereocenters. The summed E-state index contributed by atoms with van der Waals surface area (Å²) in [6.45, 7) is 1.06. The zero-order valence-electron chi connectivity index (χ0n) is 13.4. The van der Waals surface area contributed by atoms with E-state index in [1.54, 1.807) is 13.3 Å². The van der Waals surface area contributed by atoms with Crippen LogP contribution in [0.25, 0.3) is 11.1 Å². The lowest BCUT2D eigenvalue weighted by Gasteiger charge is -2.22. The minimum absolute atomic E-state index is 0.0290. The Bertz CT molecular complexity index is 883. The Labute approximate surface area is 138 Å². The summed E-state index contributed by atoms with van der Waals surface area (Å²) in [5.41, 5.74) is 2.51. The summed E-state index contributed by atoms with van der Waals surface area (Å²) in [6, 6.07) is 7.41. The third-order valence-corrected chi connectivity index (χ3v) is 4.37. The molecule has 0 aliphatic carbocycles. The highest BCUT2D eigenvalue weighted by Crippen LogP contribution is 2.22. The van der Waals surface area contributed by atoms with E-state index in [1.807, 2.05) is 28.9 Å². The number of carbonyl (C=O) groups excluding carboxylic acids is 1. The molecule has 7 nitrogen and oxygen atoms in total. The van der Waals surface area contributed by atoms with Gasteiger partial charge in [-0.05, 0) is 24.6 Å². The summed E-state index contributed by atoms with van der Waals surface area (Å²) in [5, 5.41) is 7.16. The number of benzene rings is 1. The van der Waals surface area contributed by atoms with Crippen LogP contribution in [0.2, 0.25) is 0 Å². The first kappa shape index (κ1) is 14.7. The molecule has 124 valence electrons. The van der Waals surface area contributed by atoms with Crippen molar-refractivity contribution in [2.45, 2.75) is 25.9 Å². The second-order valence-electron chi connectivity index (χ2n) is 5.89. The molecule has 4 rings (SSSR count). The molecular formula is C17H18N4O3. The van der Waals surface area contributed by atoms with Gasteiger partial charge in [-0.3, -0.25) is 9.48 Å². The number of aryl methyl sites for hydroxylation is 1. The number of fused-ring (bicyclic) bond motifs is 2. The Kier molecular flexibility index (Phi) is 3.68. The van der Waals surface area contributed by atoms with Crippen LogP contribution in [0, 0.1) is 5.92 Å². The Morgan fingerprint density at radius 2 is 2.38 bits per heavy atom. The fourth-order valence-electron chi connectivity index (χ4n) is 3.06. The predicted octanol–water partition coefficient (Wildman–Crippen LogP) is 1.91. The number of methoxy groups -OCH3 is 1. The zero-order valence-corrected chi connectivity index (χ0v) is 13.4. The number of hydrogen-bond donors (Lipinski definition) is 1. The number of ether oxygens (including phenoxy) is 1. The first-order chi connectivity index (χ1) is 11.7. The third-order valence-electron chi connectivity index (χ3n) is 4.37. The van der Waals surface area contributed by atoms with Crippen LogP contribution in [0.3, 0.4) is 0 Å². The molecule has 1 aromatic carbocycles. The lowest BCUT2D eigenvalue weighted by Crippen LogP contribution is -2.35. The Morgan fingerprint density at radius 1 is 1.46 bits per heavy atom. The third kappa shape index (κ3) is 2.73. The van der Waals surface area contributed by atoms with Crippen LogP contribution in [0.1, 0.15) is 18.0 Å². The highest BCUT2D eigenvalue weighted by atomic mass is 16.5. The average Bonchev–Trinajstić information content (AvgIpc) is 3.24. The van der Waals surface area contributed by atoms with Crippen LogP contribution >= 0.6 is 0 Å². The zero-order chi connectivity index (χ0) is 16.5. The molecule has 24 heavy (non-hydrogen) atoms. The van der Waals surface area contributed by atoms with Crippen molar-refractivity contribution in [1.29, 1.82) is 0 Å². The maximum atomic E-state index is 12.4. The number of carbonyl (C=O) groups is 1. The van der Waals surface area contributed by atoms with Gasteiger partial charge in [-0.25, -0.2) is 4.98 Å². The molecule has 0 saturated heterocycles. The average molecular weight is 326 g/mol. The number of oxazole rings is 1. The van der Waals surface area contributed by atoms with Gasteiger partial charge < -0.3 is 14.5 Å². The van der Waals surface area contributed by atoms with E-state index in [-0.39, 0.29) is 18.4 Å². The van der Waals surface area contributed by atoms with Gasteiger partial charge in [0.1, 0.15) is 11.3 Å². The molecule has 1 aliphatic heterocycles. The van der Waals surface area contributed by atoms with Crippen molar-refractivity contribution in [1.82, 2.24) is 20.1 Å². The normalized spacial score (nSPS) is 16.8. The van der Waals surface area contributed by atoms with Crippen LogP contribution < -0.4 is 10.1 Å². The van der Waals surface area contributed by atoms with Crippen LogP contribution in [-0.4, -0.2) is 27.8 Å². The van der Waals surface area contributed by atoms with Crippen molar-refractivity contribution in [3.63, 3.8) is 0 Å². The highest BCUT2D eigenvalue weighted by Gasteiger charge is 2.25. The molecule has 1 N–H and O–H groups in total. The lowest BCUT2D eigenvalue weighted by molar-refractivity contribution is -0.125. The predicted molar refractivity (Wildman–Crippen MR) is 86.4 cm³/mol. The van der Waals surface area contributed by atoms with E-state index in [2.05, 4.69) is 15.4 Å². The Morgan fingerprint density at radius 3 is 3.25 bits per heavy atom. The van der Waals surface area contributed by atoms with E-state index in [1.165, 1.54) is 0 Å². The molecule has 3 heterocycles. The van der Waals surface area contributed by atoms with E-state index in [9.17, 15) is 4.79 Å². The summed E-state index contributed by atoms with van der Waals surface area (Å²) >= 11 is 0. The molecule has 0 spiro atoms. The Balaban J connectivity index is 1.40. The van der Waals surface area contributed by atoms with Gasteiger partial charge in [-0.1, -0.05) is 0 Å². The van der Waals surface area contributed by atoms with Crippen LogP contribution in [0.5, 0.6) is 5.75 Å². The number of hydrogen-bond acceptors (Lipinski definition) is 5. The molecule has 2 aromatic heterocycles. The van der Waals surface area contributed by atoms with Crippen molar-refractivity contribution in [2.24, 2.45) is 5.92 Å². The first-order valence-electron chi connectivity index (χ1n) is 7.95. The van der Waals surface area contributed by atoms with Crippen molar-refractivity contribution >= 4 is 17.0 Å². The van der Waals surface area contributed by atoms with Gasteiger partial charge in [0.05, 0.1) is 13.7 Å². The van der Waals surface area contributed by atoms with Gasteiger partial charge in [-0.15, -0.1) is 0 Å². The maximum Gasteiger partial charge on any atom is 0.224 e. The molecule has 7 heteroatoms. The fourth-order valence-corrected chi connectivity index (χ4v) is 3.06. The molecule has 0 saturated carbocycles. The number of nitrogens with one attached hydrogen (secondary N) is 1. The smallest absolute Gasteiger partial charge is 0.224 e. The summed E-state index contributed by atoms with van der Waals surface area (Å²) in [5.74, 6) is 1.22. The Hall–Kier alpha value is -2.83. The van der Waals surface area contributed by atoms with Crippen LogP contribution in [0.4, 0.5) is 0 Å². The van der Waals surface area contributed by atoms with E-state index in [0.717, 1.165) is 36.3 Å². The number of amides is 1. The molecule has 0 radical (unpaired) electrons. The number of rotatable bonds is 4.